The molecule has 3 rings (SSSR count). The molecular formula is C20H30ClN3O2. The fourth-order valence-electron chi connectivity index (χ4n) is 3.80. The van der Waals surface area contributed by atoms with Crippen LogP contribution < -0.4 is 5.32 Å². The molecule has 26 heavy (non-hydrogen) atoms. The molecule has 0 aromatic heterocycles. The van der Waals surface area contributed by atoms with E-state index in [-0.39, 0.29) is 30.3 Å². The summed E-state index contributed by atoms with van der Waals surface area (Å²) in [6, 6.07) is 8.73. The van der Waals surface area contributed by atoms with Crippen molar-refractivity contribution in [1.82, 2.24) is 15.1 Å². The average molecular weight is 380 g/mol. The van der Waals surface area contributed by atoms with Gasteiger partial charge in [-0.2, -0.15) is 0 Å². The molecule has 1 N–H and O–H groups in total. The van der Waals surface area contributed by atoms with Crippen LogP contribution in [0.2, 0.25) is 0 Å². The maximum Gasteiger partial charge on any atom is 0.236 e. The molecule has 2 amide bonds. The predicted molar refractivity (Wildman–Crippen MR) is 106 cm³/mol. The molecule has 2 aliphatic heterocycles. The summed E-state index contributed by atoms with van der Waals surface area (Å²) >= 11 is 0. The van der Waals surface area contributed by atoms with Crippen LogP contribution in [0.25, 0.3) is 0 Å². The molecule has 2 aliphatic rings. The van der Waals surface area contributed by atoms with Crippen LogP contribution in [0.3, 0.4) is 0 Å². The highest BCUT2D eigenvalue weighted by Crippen LogP contribution is 2.18. The summed E-state index contributed by atoms with van der Waals surface area (Å²) in [5.74, 6) is 0.407. The molecule has 1 atom stereocenters. The molecule has 0 spiro atoms. The summed E-state index contributed by atoms with van der Waals surface area (Å²) in [4.78, 5) is 28.6. The van der Waals surface area contributed by atoms with Gasteiger partial charge in [0.25, 0.3) is 0 Å². The molecule has 6 heteroatoms. The number of hydrogen-bond acceptors (Lipinski definition) is 3. The van der Waals surface area contributed by atoms with Crippen molar-refractivity contribution in [2.75, 3.05) is 32.7 Å². The average Bonchev–Trinajstić information content (AvgIpc) is 2.64. The van der Waals surface area contributed by atoms with Crippen molar-refractivity contribution in [3.63, 3.8) is 0 Å². The molecular weight excluding hydrogens is 350 g/mol. The van der Waals surface area contributed by atoms with Gasteiger partial charge >= 0.3 is 0 Å². The van der Waals surface area contributed by atoms with Gasteiger partial charge < -0.3 is 15.1 Å². The molecule has 5 nitrogen and oxygen atoms in total. The first-order valence-electron chi connectivity index (χ1n) is 9.47. The van der Waals surface area contributed by atoms with Crippen LogP contribution in [0, 0.1) is 6.92 Å². The zero-order valence-corrected chi connectivity index (χ0v) is 16.4. The second kappa shape index (κ2) is 9.93. The lowest BCUT2D eigenvalue weighted by atomic mass is 10.0. The van der Waals surface area contributed by atoms with Gasteiger partial charge in [0.15, 0.2) is 0 Å². The number of benzene rings is 1. The van der Waals surface area contributed by atoms with Crippen molar-refractivity contribution in [2.24, 2.45) is 0 Å². The predicted octanol–water partition coefficient (Wildman–Crippen LogP) is 2.16. The number of piperidine rings is 1. The van der Waals surface area contributed by atoms with Gasteiger partial charge in [0.1, 0.15) is 0 Å². The third-order valence-electron chi connectivity index (χ3n) is 5.29. The van der Waals surface area contributed by atoms with Crippen LogP contribution >= 0.6 is 12.4 Å². The van der Waals surface area contributed by atoms with Gasteiger partial charge in [-0.25, -0.2) is 0 Å². The van der Waals surface area contributed by atoms with Gasteiger partial charge in [0, 0.05) is 38.6 Å². The number of rotatable bonds is 5. The Morgan fingerprint density at radius 3 is 2.73 bits per heavy atom. The normalized spacial score (nSPS) is 20.7. The number of hydrogen-bond donors (Lipinski definition) is 1. The maximum absolute atomic E-state index is 12.6. The van der Waals surface area contributed by atoms with Crippen LogP contribution in [0.5, 0.6) is 0 Å². The minimum absolute atomic E-state index is 0. The van der Waals surface area contributed by atoms with E-state index < -0.39 is 0 Å². The van der Waals surface area contributed by atoms with E-state index in [1.165, 1.54) is 11.1 Å². The van der Waals surface area contributed by atoms with E-state index in [1.54, 1.807) is 0 Å². The molecule has 0 saturated carbocycles. The van der Waals surface area contributed by atoms with E-state index in [9.17, 15) is 9.59 Å². The minimum Gasteiger partial charge on any atom is -0.341 e. The number of halogens is 1. The van der Waals surface area contributed by atoms with Crippen LogP contribution in [0.1, 0.15) is 36.8 Å². The smallest absolute Gasteiger partial charge is 0.236 e. The van der Waals surface area contributed by atoms with Crippen LogP contribution in [-0.2, 0) is 16.0 Å². The maximum atomic E-state index is 12.6. The van der Waals surface area contributed by atoms with Crippen molar-refractivity contribution in [1.29, 1.82) is 0 Å². The zero-order chi connectivity index (χ0) is 17.6. The van der Waals surface area contributed by atoms with Crippen LogP contribution in [0.15, 0.2) is 24.3 Å². The molecule has 0 radical (unpaired) electrons. The summed E-state index contributed by atoms with van der Waals surface area (Å²) in [7, 11) is 0. The first-order chi connectivity index (χ1) is 12.1. The summed E-state index contributed by atoms with van der Waals surface area (Å²) in [5.41, 5.74) is 2.56. The Kier molecular flexibility index (Phi) is 7.91. The quantitative estimate of drug-likeness (QED) is 0.853. The Bertz CT molecular complexity index is 606. The van der Waals surface area contributed by atoms with Crippen molar-refractivity contribution < 1.29 is 9.59 Å². The molecule has 2 saturated heterocycles. The minimum atomic E-state index is 0. The van der Waals surface area contributed by atoms with E-state index in [0.29, 0.717) is 19.5 Å². The van der Waals surface area contributed by atoms with E-state index in [1.807, 2.05) is 9.80 Å². The largest absolute Gasteiger partial charge is 0.341 e. The number of nitrogens with zero attached hydrogens (tertiary/aromatic N) is 2. The Balaban J connectivity index is 0.00000243. The Morgan fingerprint density at radius 1 is 1.23 bits per heavy atom. The number of amides is 2. The second-order valence-corrected chi connectivity index (χ2v) is 7.24. The lowest BCUT2D eigenvalue weighted by Crippen LogP contribution is -2.57. The third-order valence-corrected chi connectivity index (χ3v) is 5.29. The number of carbonyl (C=O) groups excluding carboxylic acids is 2. The number of aryl methyl sites for hydroxylation is 2. The van der Waals surface area contributed by atoms with E-state index in [4.69, 9.17) is 0 Å². The molecule has 1 aromatic rings. The summed E-state index contributed by atoms with van der Waals surface area (Å²) in [6.45, 7) is 5.67. The highest BCUT2D eigenvalue weighted by molar-refractivity contribution is 5.85. The number of carbonyl (C=O) groups is 2. The van der Waals surface area contributed by atoms with Gasteiger partial charge in [-0.15, -0.1) is 12.4 Å². The highest BCUT2D eigenvalue weighted by atomic mass is 35.5. The molecule has 0 bridgehead atoms. The SMILES string of the molecule is Cc1ccc(CCCC(=O)N2CCCC(N3CCNCC3=O)C2)cc1.Cl. The van der Waals surface area contributed by atoms with E-state index in [2.05, 4.69) is 36.5 Å². The lowest BCUT2D eigenvalue weighted by molar-refractivity contribution is -0.140. The van der Waals surface area contributed by atoms with Gasteiger partial charge in [-0.3, -0.25) is 9.59 Å². The van der Waals surface area contributed by atoms with Crippen LogP contribution in [-0.4, -0.2) is 60.4 Å². The molecule has 1 aromatic carbocycles. The van der Waals surface area contributed by atoms with E-state index in [0.717, 1.165) is 45.3 Å². The fraction of sp³-hybridized carbons (Fsp3) is 0.600. The van der Waals surface area contributed by atoms with E-state index >= 15 is 0 Å². The Morgan fingerprint density at radius 2 is 2.00 bits per heavy atom. The van der Waals surface area contributed by atoms with Crippen LogP contribution in [0.4, 0.5) is 0 Å². The first kappa shape index (κ1) is 20.7. The van der Waals surface area contributed by atoms with Crippen molar-refractivity contribution in [3.05, 3.63) is 35.4 Å². The number of piperazine rings is 1. The van der Waals surface area contributed by atoms with Gasteiger partial charge in [0.2, 0.25) is 11.8 Å². The fourth-order valence-corrected chi connectivity index (χ4v) is 3.80. The molecule has 144 valence electrons. The van der Waals surface area contributed by atoms with Crippen molar-refractivity contribution in [2.45, 2.75) is 45.1 Å². The van der Waals surface area contributed by atoms with Gasteiger partial charge in [0.05, 0.1) is 6.54 Å². The topological polar surface area (TPSA) is 52.7 Å². The molecule has 1 unspecified atom stereocenters. The lowest BCUT2D eigenvalue weighted by Gasteiger charge is -2.41. The monoisotopic (exact) mass is 379 g/mol. The Hall–Kier alpha value is -1.59. The Labute approximate surface area is 162 Å². The van der Waals surface area contributed by atoms with Gasteiger partial charge in [-0.1, -0.05) is 29.8 Å². The summed E-state index contributed by atoms with van der Waals surface area (Å²) in [5, 5.41) is 3.11. The summed E-state index contributed by atoms with van der Waals surface area (Å²) < 4.78 is 0. The van der Waals surface area contributed by atoms with Crippen molar-refractivity contribution in [3.8, 4) is 0 Å². The summed E-state index contributed by atoms with van der Waals surface area (Å²) in [6.07, 6.45) is 4.43. The zero-order valence-electron chi connectivity index (χ0n) is 15.6. The molecule has 2 fully saturated rings. The number of nitrogens with one attached hydrogen (secondary N) is 1. The number of likely N-dealkylation sites (tertiary alicyclic amines) is 1. The highest BCUT2D eigenvalue weighted by Gasteiger charge is 2.31. The third kappa shape index (κ3) is 5.45. The van der Waals surface area contributed by atoms with Gasteiger partial charge in [-0.05, 0) is 38.2 Å². The molecule has 0 aliphatic carbocycles. The van der Waals surface area contributed by atoms with Crippen molar-refractivity contribution >= 4 is 24.2 Å². The second-order valence-electron chi connectivity index (χ2n) is 7.24. The molecule has 2 heterocycles. The first-order valence-corrected chi connectivity index (χ1v) is 9.47. The standard InChI is InChI=1S/C20H29N3O2.ClH/c1-16-7-9-17(10-8-16)4-2-6-19(24)22-12-3-5-18(15-22)23-13-11-21-14-20(23)25;/h7-10,18,21H,2-6,11-15H2,1H3;1H.